The first-order valence-electron chi connectivity index (χ1n) is 8.82. The van der Waals surface area contributed by atoms with Gasteiger partial charge in [0.2, 0.25) is 11.8 Å². The molecule has 0 radical (unpaired) electrons. The Morgan fingerprint density at radius 1 is 1.26 bits per heavy atom. The highest BCUT2D eigenvalue weighted by Crippen LogP contribution is 2.25. The summed E-state index contributed by atoms with van der Waals surface area (Å²) in [5.41, 5.74) is 2.00. The molecule has 2 heterocycles. The first-order chi connectivity index (χ1) is 13.1. The van der Waals surface area contributed by atoms with E-state index >= 15 is 0 Å². The lowest BCUT2D eigenvalue weighted by atomic mass is 10.1. The van der Waals surface area contributed by atoms with E-state index in [1.165, 1.54) is 0 Å². The van der Waals surface area contributed by atoms with Crippen LogP contribution in [0, 0.1) is 5.92 Å². The Morgan fingerprint density at radius 3 is 2.70 bits per heavy atom. The van der Waals surface area contributed by atoms with Crippen molar-refractivity contribution in [1.82, 2.24) is 10.3 Å². The zero-order valence-corrected chi connectivity index (χ0v) is 15.1. The summed E-state index contributed by atoms with van der Waals surface area (Å²) in [6.07, 6.45) is 3.53. The Balaban J connectivity index is 1.59. The van der Waals surface area contributed by atoms with E-state index in [1.54, 1.807) is 48.5 Å². The van der Waals surface area contributed by atoms with Crippen LogP contribution < -0.4 is 10.2 Å². The van der Waals surface area contributed by atoms with Gasteiger partial charge in [-0.05, 0) is 42.8 Å². The van der Waals surface area contributed by atoms with E-state index in [0.717, 1.165) is 5.56 Å². The topological polar surface area (TPSA) is 88.6 Å². The van der Waals surface area contributed by atoms with E-state index in [0.29, 0.717) is 30.9 Å². The monoisotopic (exact) mass is 367 g/mol. The lowest BCUT2D eigenvalue weighted by molar-refractivity contribution is -0.126. The van der Waals surface area contributed by atoms with Gasteiger partial charge in [-0.2, -0.15) is 0 Å². The second-order valence-electron chi connectivity index (χ2n) is 6.25. The molecule has 0 unspecified atom stereocenters. The molecule has 0 spiro atoms. The fourth-order valence-electron chi connectivity index (χ4n) is 2.96. The van der Waals surface area contributed by atoms with Gasteiger partial charge < -0.3 is 15.0 Å². The van der Waals surface area contributed by atoms with Crippen molar-refractivity contribution in [3.8, 4) is 0 Å². The number of pyridine rings is 1. The molecule has 7 nitrogen and oxygen atoms in total. The quantitative estimate of drug-likeness (QED) is 0.788. The maximum Gasteiger partial charge on any atom is 0.338 e. The molecule has 2 amide bonds. The number of nitrogens with one attached hydrogen (secondary N) is 1. The van der Waals surface area contributed by atoms with Gasteiger partial charge in [-0.25, -0.2) is 4.79 Å². The van der Waals surface area contributed by atoms with E-state index in [1.807, 2.05) is 12.1 Å². The standard InChI is InChI=1S/C20H21N3O4/c1-2-27-20(26)15-5-7-17(8-6-15)23-13-16(10-18(23)24)19(25)22-12-14-4-3-9-21-11-14/h3-9,11,16H,2,10,12-13H2,1H3,(H,22,25)/t16-/m1/s1. The highest BCUT2D eigenvalue weighted by molar-refractivity contribution is 6.00. The number of carbonyl (C=O) groups excluding carboxylic acids is 3. The number of hydrogen-bond acceptors (Lipinski definition) is 5. The molecule has 3 rings (SSSR count). The average molecular weight is 367 g/mol. The summed E-state index contributed by atoms with van der Waals surface area (Å²) < 4.78 is 4.95. The molecule has 2 aromatic rings. The Labute approximate surface area is 157 Å². The Morgan fingerprint density at radius 2 is 2.04 bits per heavy atom. The largest absolute Gasteiger partial charge is 0.462 e. The van der Waals surface area contributed by atoms with E-state index in [-0.39, 0.29) is 18.2 Å². The van der Waals surface area contributed by atoms with Crippen molar-refractivity contribution >= 4 is 23.5 Å². The number of ether oxygens (including phenoxy) is 1. The first kappa shape index (κ1) is 18.6. The Kier molecular flexibility index (Phi) is 5.80. The summed E-state index contributed by atoms with van der Waals surface area (Å²) in [5.74, 6) is -1.07. The summed E-state index contributed by atoms with van der Waals surface area (Å²) in [7, 11) is 0. The number of carbonyl (C=O) groups is 3. The molecule has 27 heavy (non-hydrogen) atoms. The molecule has 0 aliphatic carbocycles. The van der Waals surface area contributed by atoms with Crippen LogP contribution in [0.25, 0.3) is 0 Å². The minimum absolute atomic E-state index is 0.111. The van der Waals surface area contributed by atoms with E-state index in [2.05, 4.69) is 10.3 Å². The van der Waals surface area contributed by atoms with Gasteiger partial charge in [-0.15, -0.1) is 0 Å². The maximum absolute atomic E-state index is 12.4. The molecule has 1 atom stereocenters. The zero-order valence-electron chi connectivity index (χ0n) is 15.1. The van der Waals surface area contributed by atoms with Crippen LogP contribution >= 0.6 is 0 Å². The van der Waals surface area contributed by atoms with Crippen molar-refractivity contribution in [3.63, 3.8) is 0 Å². The van der Waals surface area contributed by atoms with Crippen LogP contribution in [0.5, 0.6) is 0 Å². The Hall–Kier alpha value is -3.22. The molecule has 7 heteroatoms. The van der Waals surface area contributed by atoms with Gasteiger partial charge in [0.25, 0.3) is 0 Å². The fraction of sp³-hybridized carbons (Fsp3) is 0.300. The molecule has 1 aromatic heterocycles. The van der Waals surface area contributed by atoms with E-state index < -0.39 is 11.9 Å². The number of hydrogen-bond donors (Lipinski definition) is 1. The number of rotatable bonds is 6. The summed E-state index contributed by atoms with van der Waals surface area (Å²) in [4.78, 5) is 42.0. The molecule has 1 fully saturated rings. The second kappa shape index (κ2) is 8.44. The van der Waals surface area contributed by atoms with Crippen molar-refractivity contribution in [2.75, 3.05) is 18.1 Å². The molecule has 0 saturated carbocycles. The number of nitrogens with zero attached hydrogens (tertiary/aromatic N) is 2. The van der Waals surface area contributed by atoms with Gasteiger partial charge in [-0.3, -0.25) is 14.6 Å². The van der Waals surface area contributed by atoms with Crippen LogP contribution in [0.4, 0.5) is 5.69 Å². The molecular formula is C20H21N3O4. The smallest absolute Gasteiger partial charge is 0.338 e. The number of anilines is 1. The normalized spacial score (nSPS) is 16.3. The van der Waals surface area contributed by atoms with Crippen LogP contribution in [-0.4, -0.2) is 35.9 Å². The van der Waals surface area contributed by atoms with Crippen LogP contribution in [0.1, 0.15) is 29.3 Å². The van der Waals surface area contributed by atoms with Gasteiger partial charge >= 0.3 is 5.97 Å². The highest BCUT2D eigenvalue weighted by Gasteiger charge is 2.35. The van der Waals surface area contributed by atoms with Crippen molar-refractivity contribution in [2.45, 2.75) is 19.9 Å². The van der Waals surface area contributed by atoms with Gasteiger partial charge in [0.1, 0.15) is 0 Å². The summed E-state index contributed by atoms with van der Waals surface area (Å²) in [5, 5.41) is 2.85. The van der Waals surface area contributed by atoms with Crippen LogP contribution in [0.2, 0.25) is 0 Å². The van der Waals surface area contributed by atoms with Crippen molar-refractivity contribution in [1.29, 1.82) is 0 Å². The number of benzene rings is 1. The van der Waals surface area contributed by atoms with Crippen molar-refractivity contribution in [2.24, 2.45) is 5.92 Å². The lowest BCUT2D eigenvalue weighted by Gasteiger charge is -2.17. The third kappa shape index (κ3) is 4.49. The van der Waals surface area contributed by atoms with Crippen molar-refractivity contribution in [3.05, 3.63) is 59.9 Å². The average Bonchev–Trinajstić information content (AvgIpc) is 3.09. The molecule has 1 saturated heterocycles. The molecule has 1 N–H and O–H groups in total. The van der Waals surface area contributed by atoms with Crippen LogP contribution in [0.3, 0.4) is 0 Å². The third-order valence-corrected chi connectivity index (χ3v) is 4.38. The second-order valence-corrected chi connectivity index (χ2v) is 6.25. The first-order valence-corrected chi connectivity index (χ1v) is 8.82. The molecule has 140 valence electrons. The molecule has 1 aliphatic heterocycles. The number of esters is 1. The highest BCUT2D eigenvalue weighted by atomic mass is 16.5. The van der Waals surface area contributed by atoms with Gasteiger partial charge in [0.05, 0.1) is 18.1 Å². The zero-order chi connectivity index (χ0) is 19.2. The molecule has 1 aromatic carbocycles. The van der Waals surface area contributed by atoms with Crippen molar-refractivity contribution < 1.29 is 19.1 Å². The Bertz CT molecular complexity index is 821. The molecule has 1 aliphatic rings. The predicted molar refractivity (Wildman–Crippen MR) is 98.9 cm³/mol. The maximum atomic E-state index is 12.4. The summed E-state index contributed by atoms with van der Waals surface area (Å²) >= 11 is 0. The minimum Gasteiger partial charge on any atom is -0.462 e. The van der Waals surface area contributed by atoms with Gasteiger partial charge in [0.15, 0.2) is 0 Å². The minimum atomic E-state index is -0.404. The molecular weight excluding hydrogens is 346 g/mol. The number of aromatic nitrogens is 1. The van der Waals surface area contributed by atoms with E-state index in [4.69, 9.17) is 4.74 Å². The van der Waals surface area contributed by atoms with E-state index in [9.17, 15) is 14.4 Å². The SMILES string of the molecule is CCOC(=O)c1ccc(N2C[C@H](C(=O)NCc3cccnc3)CC2=O)cc1. The molecule has 0 bridgehead atoms. The van der Waals surface area contributed by atoms with Crippen LogP contribution in [0.15, 0.2) is 48.8 Å². The summed E-state index contributed by atoms with van der Waals surface area (Å²) in [6.45, 7) is 2.75. The fourth-order valence-corrected chi connectivity index (χ4v) is 2.96. The predicted octanol–water partition coefficient (Wildman–Crippen LogP) is 1.93. The third-order valence-electron chi connectivity index (χ3n) is 4.38. The number of amides is 2. The van der Waals surface area contributed by atoms with Gasteiger partial charge in [-0.1, -0.05) is 6.07 Å². The summed E-state index contributed by atoms with van der Waals surface area (Å²) in [6, 6.07) is 10.3. The van der Waals surface area contributed by atoms with Crippen LogP contribution in [-0.2, 0) is 20.9 Å². The van der Waals surface area contributed by atoms with Gasteiger partial charge in [0, 0.05) is 37.6 Å². The lowest BCUT2D eigenvalue weighted by Crippen LogP contribution is -2.32.